The number of nitrogens with zero attached hydrogens (tertiary/aromatic N) is 1. The number of carbonyl (C=O) groups is 5. The van der Waals surface area contributed by atoms with E-state index in [0.717, 1.165) is 4.90 Å². The zero-order chi connectivity index (χ0) is 19.1. The van der Waals surface area contributed by atoms with E-state index in [4.69, 9.17) is 5.73 Å². The fourth-order valence-electron chi connectivity index (χ4n) is 2.37. The van der Waals surface area contributed by atoms with E-state index in [9.17, 15) is 24.0 Å². The van der Waals surface area contributed by atoms with Crippen LogP contribution in [0.5, 0.6) is 0 Å². The highest BCUT2D eigenvalue weighted by Gasteiger charge is 2.32. The van der Waals surface area contributed by atoms with Crippen molar-refractivity contribution >= 4 is 42.2 Å². The number of imide groups is 1. The Kier molecular flexibility index (Phi) is 7.88. The summed E-state index contributed by atoms with van der Waals surface area (Å²) < 4.78 is 0. The number of hydrogen-bond acceptors (Lipinski definition) is 6. The van der Waals surface area contributed by atoms with Crippen LogP contribution < -0.4 is 16.4 Å². The van der Waals surface area contributed by atoms with Crippen LogP contribution in [-0.4, -0.2) is 58.8 Å². The van der Waals surface area contributed by atoms with Crippen LogP contribution in [0.15, 0.2) is 0 Å². The van der Waals surface area contributed by atoms with Crippen molar-refractivity contribution in [2.24, 2.45) is 11.7 Å². The van der Waals surface area contributed by atoms with Crippen molar-refractivity contribution in [3.63, 3.8) is 0 Å². The lowest BCUT2D eigenvalue weighted by atomic mass is 10.0. The summed E-state index contributed by atoms with van der Waals surface area (Å²) in [6.45, 7) is 3.31. The quantitative estimate of drug-likeness (QED) is 0.290. The third-order valence-corrected chi connectivity index (χ3v) is 4.02. The molecule has 10 heteroatoms. The lowest BCUT2D eigenvalue weighted by Gasteiger charge is -2.22. The Bertz CT molecular complexity index is 550. The van der Waals surface area contributed by atoms with E-state index in [1.165, 1.54) is 0 Å². The van der Waals surface area contributed by atoms with E-state index in [-0.39, 0.29) is 24.5 Å². The number of hydrogen-bond donors (Lipinski definition) is 4. The molecule has 9 nitrogen and oxygen atoms in total. The second-order valence-electron chi connectivity index (χ2n) is 6.27. The Morgan fingerprint density at radius 3 is 2.12 bits per heavy atom. The maximum atomic E-state index is 12.2. The molecule has 1 aliphatic rings. The van der Waals surface area contributed by atoms with Crippen LogP contribution in [0, 0.1) is 5.92 Å². The summed E-state index contributed by atoms with van der Waals surface area (Å²) in [5.74, 6) is -2.65. The van der Waals surface area contributed by atoms with Gasteiger partial charge in [0.2, 0.25) is 29.5 Å². The van der Waals surface area contributed by atoms with Crippen molar-refractivity contribution < 1.29 is 24.0 Å². The van der Waals surface area contributed by atoms with Gasteiger partial charge in [0.05, 0.1) is 0 Å². The normalized spacial score (nSPS) is 16.7. The minimum atomic E-state index is -1.02. The van der Waals surface area contributed by atoms with Crippen LogP contribution in [-0.2, 0) is 24.0 Å². The summed E-state index contributed by atoms with van der Waals surface area (Å²) in [6.07, 6.45) is 0.529. The van der Waals surface area contributed by atoms with Crippen molar-refractivity contribution in [3.05, 3.63) is 0 Å². The molecule has 0 saturated carbocycles. The number of primary amides is 1. The van der Waals surface area contributed by atoms with Crippen LogP contribution in [0.3, 0.4) is 0 Å². The third kappa shape index (κ3) is 6.37. The average molecular weight is 372 g/mol. The van der Waals surface area contributed by atoms with Crippen LogP contribution in [0.1, 0.15) is 33.1 Å². The van der Waals surface area contributed by atoms with Crippen molar-refractivity contribution in [1.82, 2.24) is 15.5 Å². The first-order valence-corrected chi connectivity index (χ1v) is 8.62. The van der Waals surface area contributed by atoms with Crippen LogP contribution in [0.2, 0.25) is 0 Å². The van der Waals surface area contributed by atoms with Gasteiger partial charge in [-0.3, -0.25) is 28.9 Å². The molecule has 1 rings (SSSR count). The molecule has 140 valence electrons. The summed E-state index contributed by atoms with van der Waals surface area (Å²) in [5, 5.41) is 4.90. The van der Waals surface area contributed by atoms with E-state index in [1.807, 2.05) is 13.8 Å². The number of carbonyl (C=O) groups excluding carboxylic acids is 5. The van der Waals surface area contributed by atoms with Crippen molar-refractivity contribution in [2.45, 2.75) is 45.2 Å². The average Bonchev–Trinajstić information content (AvgIpc) is 2.83. The van der Waals surface area contributed by atoms with E-state index < -0.39 is 48.2 Å². The van der Waals surface area contributed by atoms with Gasteiger partial charge in [-0.25, -0.2) is 0 Å². The first kappa shape index (κ1) is 20.9. The maximum absolute atomic E-state index is 12.2. The predicted molar refractivity (Wildman–Crippen MR) is 92.3 cm³/mol. The molecule has 0 bridgehead atoms. The lowest BCUT2D eigenvalue weighted by Crippen LogP contribution is -2.55. The molecule has 2 atom stereocenters. The molecule has 1 saturated heterocycles. The molecule has 1 fully saturated rings. The van der Waals surface area contributed by atoms with Crippen LogP contribution >= 0.6 is 12.6 Å². The third-order valence-electron chi connectivity index (χ3n) is 3.66. The zero-order valence-electron chi connectivity index (χ0n) is 14.3. The summed E-state index contributed by atoms with van der Waals surface area (Å²) in [6, 6.07) is -1.87. The van der Waals surface area contributed by atoms with Gasteiger partial charge >= 0.3 is 0 Å². The van der Waals surface area contributed by atoms with E-state index in [0.29, 0.717) is 6.42 Å². The SMILES string of the molecule is CC(C)C[C@@H](NC(=O)[C@@H](CS)NC(=O)CN1C(=O)CCC1=O)C(N)=O. The molecule has 0 spiro atoms. The van der Waals surface area contributed by atoms with Crippen molar-refractivity contribution in [1.29, 1.82) is 0 Å². The van der Waals surface area contributed by atoms with E-state index in [1.54, 1.807) is 0 Å². The van der Waals surface area contributed by atoms with E-state index >= 15 is 0 Å². The first-order valence-electron chi connectivity index (χ1n) is 7.98. The summed E-state index contributed by atoms with van der Waals surface area (Å²) in [7, 11) is 0. The molecule has 0 radical (unpaired) electrons. The molecule has 5 amide bonds. The smallest absolute Gasteiger partial charge is 0.244 e. The molecule has 0 unspecified atom stereocenters. The molecule has 1 heterocycles. The van der Waals surface area contributed by atoms with Gasteiger partial charge in [-0.15, -0.1) is 0 Å². The standard InChI is InChI=1S/C15H24N4O5S/c1-8(2)5-9(14(16)23)18-15(24)10(7-25)17-11(20)6-19-12(21)3-4-13(19)22/h8-10,25H,3-7H2,1-2H3,(H2,16,23)(H,17,20)(H,18,24)/t9-,10-/m1/s1. The highest BCUT2D eigenvalue weighted by atomic mass is 32.1. The summed E-state index contributed by atoms with van der Waals surface area (Å²) >= 11 is 4.02. The fraction of sp³-hybridized carbons (Fsp3) is 0.667. The van der Waals surface area contributed by atoms with Gasteiger partial charge in [0.25, 0.3) is 0 Å². The van der Waals surface area contributed by atoms with Gasteiger partial charge < -0.3 is 16.4 Å². The predicted octanol–water partition coefficient (Wildman–Crippen LogP) is -1.43. The summed E-state index contributed by atoms with van der Waals surface area (Å²) in [5.41, 5.74) is 5.27. The summed E-state index contributed by atoms with van der Waals surface area (Å²) in [4.78, 5) is 59.5. The number of nitrogens with one attached hydrogen (secondary N) is 2. The Morgan fingerprint density at radius 1 is 1.12 bits per heavy atom. The van der Waals surface area contributed by atoms with Crippen molar-refractivity contribution in [3.8, 4) is 0 Å². The molecule has 0 aromatic heterocycles. The molecule has 1 aliphatic heterocycles. The highest BCUT2D eigenvalue weighted by molar-refractivity contribution is 7.80. The van der Waals surface area contributed by atoms with Gasteiger partial charge in [-0.2, -0.15) is 12.6 Å². The Hall–Kier alpha value is -2.10. The largest absolute Gasteiger partial charge is 0.368 e. The number of nitrogens with two attached hydrogens (primary N) is 1. The monoisotopic (exact) mass is 372 g/mol. The molecular formula is C15H24N4O5S. The molecule has 0 aromatic rings. The molecule has 0 aromatic carbocycles. The van der Waals surface area contributed by atoms with Gasteiger partial charge in [0, 0.05) is 18.6 Å². The number of rotatable bonds is 9. The second kappa shape index (κ2) is 9.40. The van der Waals surface area contributed by atoms with Crippen LogP contribution in [0.25, 0.3) is 0 Å². The first-order chi connectivity index (χ1) is 11.6. The minimum absolute atomic E-state index is 0.0212. The lowest BCUT2D eigenvalue weighted by molar-refractivity contribution is -0.142. The Morgan fingerprint density at radius 2 is 1.68 bits per heavy atom. The van der Waals surface area contributed by atoms with Gasteiger partial charge in [-0.05, 0) is 12.3 Å². The minimum Gasteiger partial charge on any atom is -0.368 e. The number of likely N-dealkylation sites (tertiary alicyclic amines) is 1. The van der Waals surface area contributed by atoms with E-state index in [2.05, 4.69) is 23.3 Å². The molecule has 0 aliphatic carbocycles. The van der Waals surface area contributed by atoms with Gasteiger partial charge in [-0.1, -0.05) is 13.8 Å². The van der Waals surface area contributed by atoms with Gasteiger partial charge in [0.15, 0.2) is 0 Å². The van der Waals surface area contributed by atoms with Crippen molar-refractivity contribution in [2.75, 3.05) is 12.3 Å². The second-order valence-corrected chi connectivity index (χ2v) is 6.63. The Balaban J connectivity index is 2.63. The topological polar surface area (TPSA) is 139 Å². The van der Waals surface area contributed by atoms with Gasteiger partial charge in [0.1, 0.15) is 18.6 Å². The molecule has 4 N–H and O–H groups in total. The fourth-order valence-corrected chi connectivity index (χ4v) is 2.62. The zero-order valence-corrected chi connectivity index (χ0v) is 15.2. The molecular weight excluding hydrogens is 348 g/mol. The number of thiol groups is 1. The molecule has 25 heavy (non-hydrogen) atoms. The highest BCUT2D eigenvalue weighted by Crippen LogP contribution is 2.11. The maximum Gasteiger partial charge on any atom is 0.244 e. The Labute approximate surface area is 151 Å². The van der Waals surface area contributed by atoms with Crippen LogP contribution in [0.4, 0.5) is 0 Å². The number of amides is 5.